The van der Waals surface area contributed by atoms with Crippen LogP contribution in [-0.4, -0.2) is 29.8 Å². The molecule has 1 N–H and O–H groups in total. The van der Waals surface area contributed by atoms with Crippen LogP contribution in [0.3, 0.4) is 0 Å². The first-order valence-corrected chi connectivity index (χ1v) is 6.45. The first-order valence-electron chi connectivity index (χ1n) is 6.45. The zero-order valence-electron chi connectivity index (χ0n) is 11.6. The summed E-state index contributed by atoms with van der Waals surface area (Å²) in [5.74, 6) is -2.56. The highest BCUT2D eigenvalue weighted by Gasteiger charge is 2.16. The fourth-order valence-corrected chi connectivity index (χ4v) is 1.67. The van der Waals surface area contributed by atoms with E-state index in [9.17, 15) is 18.4 Å². The zero-order valence-corrected chi connectivity index (χ0v) is 11.6. The summed E-state index contributed by atoms with van der Waals surface area (Å²) in [4.78, 5) is 24.5. The molecular formula is C14H18F2N2O2. The van der Waals surface area contributed by atoms with Crippen molar-refractivity contribution < 1.29 is 18.4 Å². The second-order valence-corrected chi connectivity index (χ2v) is 4.44. The Morgan fingerprint density at radius 1 is 1.25 bits per heavy atom. The molecule has 0 aliphatic heterocycles. The predicted molar refractivity (Wildman–Crippen MR) is 72.1 cm³/mol. The molecule has 0 spiro atoms. The molecule has 0 bridgehead atoms. The summed E-state index contributed by atoms with van der Waals surface area (Å²) < 4.78 is 26.7. The van der Waals surface area contributed by atoms with Gasteiger partial charge in [-0.1, -0.05) is 19.4 Å². The highest BCUT2D eigenvalue weighted by atomic mass is 19.1. The molecule has 0 fully saturated rings. The molecule has 1 aromatic carbocycles. The first kappa shape index (κ1) is 16.1. The van der Waals surface area contributed by atoms with E-state index in [1.54, 1.807) is 0 Å². The number of amides is 2. The van der Waals surface area contributed by atoms with E-state index in [1.165, 1.54) is 17.9 Å². The fraction of sp³-hybridized carbons (Fsp3) is 0.429. The zero-order chi connectivity index (χ0) is 15.1. The lowest BCUT2D eigenvalue weighted by Crippen LogP contribution is -2.37. The van der Waals surface area contributed by atoms with Gasteiger partial charge in [-0.2, -0.15) is 0 Å². The van der Waals surface area contributed by atoms with Gasteiger partial charge in [-0.05, 0) is 18.6 Å². The summed E-state index contributed by atoms with van der Waals surface area (Å²) in [6.45, 7) is 3.54. The Bertz CT molecular complexity index is 472. The molecule has 0 aliphatic carbocycles. The molecule has 1 aromatic rings. The number of anilines is 1. The maximum Gasteiger partial charge on any atom is 0.244 e. The van der Waals surface area contributed by atoms with Crippen molar-refractivity contribution in [1.29, 1.82) is 0 Å². The molecule has 0 saturated carbocycles. The Balaban J connectivity index is 2.68. The predicted octanol–water partition coefficient (Wildman–Crippen LogP) is 2.55. The lowest BCUT2D eigenvalue weighted by atomic mass is 10.2. The van der Waals surface area contributed by atoms with Crippen LogP contribution in [0.15, 0.2) is 18.2 Å². The van der Waals surface area contributed by atoms with Crippen molar-refractivity contribution in [2.45, 2.75) is 26.7 Å². The van der Waals surface area contributed by atoms with E-state index in [-0.39, 0.29) is 12.5 Å². The van der Waals surface area contributed by atoms with Gasteiger partial charge in [0.25, 0.3) is 0 Å². The van der Waals surface area contributed by atoms with Gasteiger partial charge in [-0.3, -0.25) is 9.59 Å². The van der Waals surface area contributed by atoms with Crippen molar-refractivity contribution in [3.63, 3.8) is 0 Å². The van der Waals surface area contributed by atoms with E-state index in [0.29, 0.717) is 6.54 Å². The normalized spacial score (nSPS) is 10.2. The van der Waals surface area contributed by atoms with E-state index >= 15 is 0 Å². The maximum atomic E-state index is 13.4. The van der Waals surface area contributed by atoms with Crippen LogP contribution in [0.25, 0.3) is 0 Å². The molecule has 0 heterocycles. The first-order chi connectivity index (χ1) is 9.45. The van der Waals surface area contributed by atoms with Crippen molar-refractivity contribution in [3.05, 3.63) is 29.8 Å². The van der Waals surface area contributed by atoms with Crippen molar-refractivity contribution in [3.8, 4) is 0 Å². The average molecular weight is 284 g/mol. The number of carbonyl (C=O) groups is 2. The van der Waals surface area contributed by atoms with Crippen LogP contribution in [0.2, 0.25) is 0 Å². The second kappa shape index (κ2) is 7.57. The third kappa shape index (κ3) is 4.60. The number of unbranched alkanes of at least 4 members (excludes halogenated alkanes) is 1. The molecule has 4 nitrogen and oxygen atoms in total. The number of para-hydroxylation sites is 1. The number of carbonyl (C=O) groups excluding carboxylic acids is 2. The molecule has 6 heteroatoms. The quantitative estimate of drug-likeness (QED) is 0.872. The highest BCUT2D eigenvalue weighted by molar-refractivity contribution is 5.94. The van der Waals surface area contributed by atoms with Crippen LogP contribution < -0.4 is 5.32 Å². The standard InChI is InChI=1S/C14H18F2N2O2/c1-3-4-8-18(10(2)19)9-13(20)17-14-11(15)6-5-7-12(14)16/h5-7H,3-4,8-9H2,1-2H3,(H,17,20). The molecule has 0 unspecified atom stereocenters. The topological polar surface area (TPSA) is 49.4 Å². The van der Waals surface area contributed by atoms with Crippen molar-refractivity contribution >= 4 is 17.5 Å². The SMILES string of the molecule is CCCCN(CC(=O)Nc1c(F)cccc1F)C(C)=O. The van der Waals surface area contributed by atoms with Crippen molar-refractivity contribution in [1.82, 2.24) is 4.90 Å². The summed E-state index contributed by atoms with van der Waals surface area (Å²) in [5.41, 5.74) is -0.489. The molecule has 0 saturated heterocycles. The summed E-state index contributed by atoms with van der Waals surface area (Å²) in [6.07, 6.45) is 1.65. The van der Waals surface area contributed by atoms with E-state index in [2.05, 4.69) is 5.32 Å². The van der Waals surface area contributed by atoms with Crippen LogP contribution >= 0.6 is 0 Å². The molecule has 0 aromatic heterocycles. The smallest absolute Gasteiger partial charge is 0.244 e. The van der Waals surface area contributed by atoms with Crippen LogP contribution in [0, 0.1) is 11.6 Å². The van der Waals surface area contributed by atoms with Gasteiger partial charge in [0.05, 0.1) is 6.54 Å². The average Bonchev–Trinajstić information content (AvgIpc) is 2.38. The number of halogens is 2. The summed E-state index contributed by atoms with van der Waals surface area (Å²) in [7, 11) is 0. The largest absolute Gasteiger partial charge is 0.334 e. The van der Waals surface area contributed by atoms with E-state index in [1.807, 2.05) is 6.92 Å². The van der Waals surface area contributed by atoms with Gasteiger partial charge in [0.15, 0.2) is 0 Å². The van der Waals surface area contributed by atoms with Gasteiger partial charge in [0.2, 0.25) is 11.8 Å². The number of hydrogen-bond acceptors (Lipinski definition) is 2. The monoisotopic (exact) mass is 284 g/mol. The molecule has 20 heavy (non-hydrogen) atoms. The van der Waals surface area contributed by atoms with Gasteiger partial charge in [-0.25, -0.2) is 8.78 Å². The van der Waals surface area contributed by atoms with Crippen LogP contribution in [0.1, 0.15) is 26.7 Å². The summed E-state index contributed by atoms with van der Waals surface area (Å²) in [6, 6.07) is 3.32. The Morgan fingerprint density at radius 2 is 1.85 bits per heavy atom. The number of hydrogen-bond donors (Lipinski definition) is 1. The summed E-state index contributed by atoms with van der Waals surface area (Å²) >= 11 is 0. The van der Waals surface area contributed by atoms with E-state index in [0.717, 1.165) is 25.0 Å². The van der Waals surface area contributed by atoms with Crippen molar-refractivity contribution in [2.24, 2.45) is 0 Å². The van der Waals surface area contributed by atoms with Gasteiger partial charge < -0.3 is 10.2 Å². The number of benzene rings is 1. The Kier molecular flexibility index (Phi) is 6.09. The maximum absolute atomic E-state index is 13.4. The van der Waals surface area contributed by atoms with Crippen LogP contribution in [0.5, 0.6) is 0 Å². The number of nitrogens with zero attached hydrogens (tertiary/aromatic N) is 1. The molecule has 0 aliphatic rings. The minimum absolute atomic E-state index is 0.219. The van der Waals surface area contributed by atoms with Crippen molar-refractivity contribution in [2.75, 3.05) is 18.4 Å². The second-order valence-electron chi connectivity index (χ2n) is 4.44. The summed E-state index contributed by atoms with van der Waals surface area (Å²) in [5, 5.41) is 2.16. The van der Waals surface area contributed by atoms with Crippen LogP contribution in [0.4, 0.5) is 14.5 Å². The Hall–Kier alpha value is -1.98. The lowest BCUT2D eigenvalue weighted by molar-refractivity contribution is -0.132. The van der Waals surface area contributed by atoms with Gasteiger partial charge in [-0.15, -0.1) is 0 Å². The third-order valence-corrected chi connectivity index (χ3v) is 2.79. The fourth-order valence-electron chi connectivity index (χ4n) is 1.67. The molecule has 0 radical (unpaired) electrons. The Labute approximate surface area is 116 Å². The van der Waals surface area contributed by atoms with E-state index < -0.39 is 23.2 Å². The highest BCUT2D eigenvalue weighted by Crippen LogP contribution is 2.17. The number of nitrogens with one attached hydrogen (secondary N) is 1. The van der Waals surface area contributed by atoms with Crippen LogP contribution in [-0.2, 0) is 9.59 Å². The van der Waals surface area contributed by atoms with E-state index in [4.69, 9.17) is 0 Å². The number of rotatable bonds is 6. The third-order valence-electron chi connectivity index (χ3n) is 2.79. The van der Waals surface area contributed by atoms with Gasteiger partial charge >= 0.3 is 0 Å². The molecule has 2 amide bonds. The molecule has 1 rings (SSSR count). The molecular weight excluding hydrogens is 266 g/mol. The van der Waals surface area contributed by atoms with Gasteiger partial charge in [0.1, 0.15) is 17.3 Å². The Morgan fingerprint density at radius 3 is 2.35 bits per heavy atom. The van der Waals surface area contributed by atoms with Gasteiger partial charge in [0, 0.05) is 13.5 Å². The molecule has 0 atom stereocenters. The minimum Gasteiger partial charge on any atom is -0.334 e. The lowest BCUT2D eigenvalue weighted by Gasteiger charge is -2.20. The minimum atomic E-state index is -0.846. The molecule has 110 valence electrons.